The van der Waals surface area contributed by atoms with E-state index in [9.17, 15) is 9.90 Å². The van der Waals surface area contributed by atoms with Crippen LogP contribution in [0.15, 0.2) is 9.98 Å². The van der Waals surface area contributed by atoms with Crippen molar-refractivity contribution >= 4 is 27.9 Å². The second-order valence-corrected chi connectivity index (χ2v) is 6.85. The Morgan fingerprint density at radius 2 is 2.23 bits per heavy atom. The first kappa shape index (κ1) is 15.8. The van der Waals surface area contributed by atoms with E-state index >= 15 is 0 Å². The van der Waals surface area contributed by atoms with Gasteiger partial charge in [-0.15, -0.1) is 0 Å². The van der Waals surface area contributed by atoms with Crippen LogP contribution in [0.1, 0.15) is 45.4 Å². The third-order valence-corrected chi connectivity index (χ3v) is 5.44. The molecular formula is C15H23N3O3S. The highest BCUT2D eigenvalue weighted by molar-refractivity contribution is 8.27. The fraction of sp³-hybridized carbons (Fsp3) is 0.800. The molecule has 1 saturated carbocycles. The number of aliphatic hydroxyl groups is 1. The van der Waals surface area contributed by atoms with Crippen LogP contribution in [0, 0.1) is 0 Å². The Morgan fingerprint density at radius 1 is 1.45 bits per heavy atom. The van der Waals surface area contributed by atoms with Crippen molar-refractivity contribution in [2.75, 3.05) is 19.7 Å². The lowest BCUT2D eigenvalue weighted by molar-refractivity contribution is -0.167. The van der Waals surface area contributed by atoms with Crippen molar-refractivity contribution in [1.29, 1.82) is 0 Å². The van der Waals surface area contributed by atoms with Gasteiger partial charge in [0.05, 0.1) is 12.6 Å². The molecule has 0 aromatic heterocycles. The summed E-state index contributed by atoms with van der Waals surface area (Å²) in [7, 11) is 0. The Morgan fingerprint density at radius 3 is 2.95 bits per heavy atom. The van der Waals surface area contributed by atoms with E-state index < -0.39 is 11.7 Å². The molecule has 122 valence electrons. The van der Waals surface area contributed by atoms with Crippen molar-refractivity contribution in [2.45, 2.75) is 57.2 Å². The average Bonchev–Trinajstić information content (AvgIpc) is 2.83. The van der Waals surface area contributed by atoms with Gasteiger partial charge < -0.3 is 14.7 Å². The molecule has 3 aliphatic rings. The lowest BCUT2D eigenvalue weighted by Crippen LogP contribution is -2.57. The number of amidine groups is 1. The summed E-state index contributed by atoms with van der Waals surface area (Å²) < 4.78 is 5.12. The van der Waals surface area contributed by atoms with Crippen molar-refractivity contribution in [2.24, 2.45) is 9.98 Å². The molecule has 0 aromatic rings. The van der Waals surface area contributed by atoms with E-state index in [0.717, 1.165) is 38.6 Å². The molecule has 1 aliphatic carbocycles. The highest BCUT2D eigenvalue weighted by Crippen LogP contribution is 2.38. The molecule has 1 atom stereocenters. The number of aliphatic imine (C=N–C) groups is 2. The maximum absolute atomic E-state index is 12.4. The van der Waals surface area contributed by atoms with Gasteiger partial charge in [0.15, 0.2) is 5.17 Å². The van der Waals surface area contributed by atoms with E-state index in [-0.39, 0.29) is 12.6 Å². The number of ether oxygens (including phenoxy) is 1. The molecule has 6 nitrogen and oxygen atoms in total. The minimum atomic E-state index is -1.78. The summed E-state index contributed by atoms with van der Waals surface area (Å²) in [4.78, 5) is 23.2. The normalized spacial score (nSPS) is 31.1. The Kier molecular flexibility index (Phi) is 4.73. The van der Waals surface area contributed by atoms with Gasteiger partial charge >= 0.3 is 5.97 Å². The fourth-order valence-electron chi connectivity index (χ4n) is 3.17. The lowest BCUT2D eigenvalue weighted by atomic mass is 9.96. The van der Waals surface area contributed by atoms with Gasteiger partial charge in [-0.3, -0.25) is 9.98 Å². The first-order valence-corrected chi connectivity index (χ1v) is 8.95. The third kappa shape index (κ3) is 2.76. The molecule has 0 amide bonds. The number of carbonyl (C=O) groups is 1. The van der Waals surface area contributed by atoms with Gasteiger partial charge in [-0.25, -0.2) is 4.79 Å². The second-order valence-electron chi connectivity index (χ2n) is 5.89. The molecular weight excluding hydrogens is 302 g/mol. The van der Waals surface area contributed by atoms with Gasteiger partial charge in [0.25, 0.3) is 5.72 Å². The summed E-state index contributed by atoms with van der Waals surface area (Å²) >= 11 is 1.32. The van der Waals surface area contributed by atoms with Crippen molar-refractivity contribution in [3.05, 3.63) is 0 Å². The standard InChI is InChI=1S/C15H23N3O3S/c1-2-21-13(19)15(20)12(17-11-7-4-3-5-8-11)22-14-16-9-6-10-18(14)15/h11,20H,2-10H2,1H3. The van der Waals surface area contributed by atoms with Crippen LogP contribution in [0.3, 0.4) is 0 Å². The molecule has 0 spiro atoms. The first-order chi connectivity index (χ1) is 10.7. The maximum Gasteiger partial charge on any atom is 0.367 e. The molecule has 3 rings (SSSR count). The van der Waals surface area contributed by atoms with Crippen LogP contribution < -0.4 is 0 Å². The van der Waals surface area contributed by atoms with Crippen molar-refractivity contribution in [1.82, 2.24) is 4.90 Å². The van der Waals surface area contributed by atoms with Gasteiger partial charge in [-0.05, 0) is 37.9 Å². The van der Waals surface area contributed by atoms with Crippen LogP contribution in [0.4, 0.5) is 0 Å². The Balaban J connectivity index is 1.92. The molecule has 1 N–H and O–H groups in total. The van der Waals surface area contributed by atoms with Gasteiger partial charge in [0, 0.05) is 13.1 Å². The molecule has 1 saturated heterocycles. The zero-order chi connectivity index (χ0) is 15.6. The minimum Gasteiger partial charge on any atom is -0.462 e. The quantitative estimate of drug-likeness (QED) is 0.801. The summed E-state index contributed by atoms with van der Waals surface area (Å²) in [6.07, 6.45) is 6.44. The topological polar surface area (TPSA) is 74.5 Å². The average molecular weight is 325 g/mol. The van der Waals surface area contributed by atoms with Crippen LogP contribution in [0.5, 0.6) is 0 Å². The van der Waals surface area contributed by atoms with E-state index in [1.54, 1.807) is 11.8 Å². The SMILES string of the molecule is CCOC(=O)C1(O)C(=NC2CCCCC2)SC2=NCCCN21. The Hall–Kier alpha value is -1.08. The van der Waals surface area contributed by atoms with Gasteiger partial charge in [0.2, 0.25) is 0 Å². The predicted molar refractivity (Wildman–Crippen MR) is 87.1 cm³/mol. The lowest BCUT2D eigenvalue weighted by Gasteiger charge is -2.33. The molecule has 0 aromatic carbocycles. The molecule has 1 unspecified atom stereocenters. The van der Waals surface area contributed by atoms with Crippen LogP contribution in [-0.4, -0.2) is 57.7 Å². The number of fused-ring (bicyclic) bond motifs is 1. The Labute approximate surface area is 135 Å². The number of thioether (sulfide) groups is 1. The number of rotatable bonds is 3. The number of hydrogen-bond acceptors (Lipinski definition) is 7. The molecule has 2 fully saturated rings. The van der Waals surface area contributed by atoms with Crippen LogP contribution in [-0.2, 0) is 9.53 Å². The van der Waals surface area contributed by atoms with Crippen LogP contribution >= 0.6 is 11.8 Å². The summed E-state index contributed by atoms with van der Waals surface area (Å²) in [5.74, 6) is -0.635. The summed E-state index contributed by atoms with van der Waals surface area (Å²) in [6, 6.07) is 0.194. The van der Waals surface area contributed by atoms with Gasteiger partial charge in [-0.1, -0.05) is 19.3 Å². The second kappa shape index (κ2) is 6.58. The van der Waals surface area contributed by atoms with E-state index in [4.69, 9.17) is 9.73 Å². The number of esters is 1. The van der Waals surface area contributed by atoms with Crippen LogP contribution in [0.25, 0.3) is 0 Å². The van der Waals surface area contributed by atoms with Gasteiger partial charge in [-0.2, -0.15) is 0 Å². The minimum absolute atomic E-state index is 0.194. The highest BCUT2D eigenvalue weighted by atomic mass is 32.2. The summed E-state index contributed by atoms with van der Waals surface area (Å²) in [5.41, 5.74) is -1.78. The smallest absolute Gasteiger partial charge is 0.367 e. The molecule has 22 heavy (non-hydrogen) atoms. The monoisotopic (exact) mass is 325 g/mol. The van der Waals surface area contributed by atoms with E-state index in [0.29, 0.717) is 16.8 Å². The highest BCUT2D eigenvalue weighted by Gasteiger charge is 2.57. The molecule has 2 heterocycles. The van der Waals surface area contributed by atoms with E-state index in [2.05, 4.69) is 4.99 Å². The first-order valence-electron chi connectivity index (χ1n) is 8.14. The molecule has 7 heteroatoms. The van der Waals surface area contributed by atoms with E-state index in [1.165, 1.54) is 18.2 Å². The van der Waals surface area contributed by atoms with E-state index in [1.807, 2.05) is 0 Å². The third-order valence-electron chi connectivity index (χ3n) is 4.33. The zero-order valence-corrected chi connectivity index (χ0v) is 13.8. The van der Waals surface area contributed by atoms with Crippen LogP contribution in [0.2, 0.25) is 0 Å². The summed E-state index contributed by atoms with van der Waals surface area (Å²) in [6.45, 7) is 3.31. The largest absolute Gasteiger partial charge is 0.462 e. The zero-order valence-electron chi connectivity index (χ0n) is 13.0. The van der Waals surface area contributed by atoms with Crippen molar-refractivity contribution in [3.63, 3.8) is 0 Å². The van der Waals surface area contributed by atoms with Gasteiger partial charge in [0.1, 0.15) is 5.04 Å². The summed E-state index contributed by atoms with van der Waals surface area (Å²) in [5, 5.41) is 12.2. The number of hydrogen-bond donors (Lipinski definition) is 1. The van der Waals surface area contributed by atoms with Crippen molar-refractivity contribution in [3.8, 4) is 0 Å². The number of nitrogens with zero attached hydrogens (tertiary/aromatic N) is 3. The predicted octanol–water partition coefficient (Wildman–Crippen LogP) is 1.78. The Bertz CT molecular complexity index is 502. The maximum atomic E-state index is 12.4. The molecule has 0 radical (unpaired) electrons. The fourth-order valence-corrected chi connectivity index (χ4v) is 4.37. The molecule has 2 aliphatic heterocycles. The number of carbonyl (C=O) groups excluding carboxylic acids is 1. The molecule has 0 bridgehead atoms. The van der Waals surface area contributed by atoms with Crippen molar-refractivity contribution < 1.29 is 14.6 Å².